The fourth-order valence-electron chi connectivity index (χ4n) is 3.16. The first-order chi connectivity index (χ1) is 12.1. The third-order valence-electron chi connectivity index (χ3n) is 4.80. The molecule has 1 atom stereocenters. The van der Waals surface area contributed by atoms with Gasteiger partial charge in [0, 0.05) is 19.0 Å². The standard InChI is InChI=1S/C21H30N2O3/c1-13(2)15-7-9-16(10-8-15)18-17(19(24)14(3)4)20(25)21(26)23(18)12-11-22(5)6/h7-10,13-14,18,25H,11-12H2,1-6H3. The summed E-state index contributed by atoms with van der Waals surface area (Å²) in [5, 5.41) is 10.4. The lowest BCUT2D eigenvalue weighted by atomic mass is 9.90. The van der Waals surface area contributed by atoms with Gasteiger partial charge in [0.05, 0.1) is 11.6 Å². The number of hydrogen-bond donors (Lipinski definition) is 1. The van der Waals surface area contributed by atoms with Gasteiger partial charge in [-0.25, -0.2) is 0 Å². The van der Waals surface area contributed by atoms with E-state index in [0.717, 1.165) is 5.56 Å². The van der Waals surface area contributed by atoms with Crippen LogP contribution >= 0.6 is 0 Å². The number of carbonyl (C=O) groups excluding carboxylic acids is 2. The third-order valence-corrected chi connectivity index (χ3v) is 4.80. The zero-order valence-electron chi connectivity index (χ0n) is 16.6. The van der Waals surface area contributed by atoms with E-state index in [0.29, 0.717) is 19.0 Å². The van der Waals surface area contributed by atoms with Crippen molar-refractivity contribution in [3.63, 3.8) is 0 Å². The van der Waals surface area contributed by atoms with E-state index in [1.807, 2.05) is 43.3 Å². The summed E-state index contributed by atoms with van der Waals surface area (Å²) in [5.41, 5.74) is 2.28. The van der Waals surface area contributed by atoms with E-state index >= 15 is 0 Å². The molecule has 0 spiro atoms. The molecule has 5 heteroatoms. The maximum atomic E-state index is 12.7. The van der Waals surface area contributed by atoms with Crippen molar-refractivity contribution in [3.8, 4) is 0 Å². The Kier molecular flexibility index (Phi) is 6.24. The number of aliphatic hydroxyl groups excluding tert-OH is 1. The number of carbonyl (C=O) groups is 2. The average molecular weight is 358 g/mol. The highest BCUT2D eigenvalue weighted by Gasteiger charge is 2.43. The second-order valence-electron chi connectivity index (χ2n) is 7.81. The molecule has 1 unspecified atom stereocenters. The monoisotopic (exact) mass is 358 g/mol. The molecular formula is C21H30N2O3. The van der Waals surface area contributed by atoms with Gasteiger partial charge < -0.3 is 14.9 Å². The highest BCUT2D eigenvalue weighted by Crippen LogP contribution is 2.39. The van der Waals surface area contributed by atoms with Crippen molar-refractivity contribution in [2.24, 2.45) is 5.92 Å². The van der Waals surface area contributed by atoms with Crippen molar-refractivity contribution in [2.45, 2.75) is 39.7 Å². The molecule has 26 heavy (non-hydrogen) atoms. The van der Waals surface area contributed by atoms with Crippen LogP contribution in [0.15, 0.2) is 35.6 Å². The van der Waals surface area contributed by atoms with Gasteiger partial charge in [0.1, 0.15) is 0 Å². The molecule has 1 aromatic rings. The van der Waals surface area contributed by atoms with Crippen LogP contribution in [0.25, 0.3) is 0 Å². The van der Waals surface area contributed by atoms with Crippen LogP contribution in [0.4, 0.5) is 0 Å². The van der Waals surface area contributed by atoms with Gasteiger partial charge in [0.25, 0.3) is 5.91 Å². The Morgan fingerprint density at radius 1 is 1.15 bits per heavy atom. The van der Waals surface area contributed by atoms with Gasteiger partial charge in [-0.1, -0.05) is 52.0 Å². The lowest BCUT2D eigenvalue weighted by Crippen LogP contribution is -2.36. The minimum absolute atomic E-state index is 0.180. The van der Waals surface area contributed by atoms with E-state index in [1.54, 1.807) is 18.7 Å². The highest BCUT2D eigenvalue weighted by molar-refractivity contribution is 6.09. The van der Waals surface area contributed by atoms with Gasteiger partial charge in [-0.15, -0.1) is 0 Å². The van der Waals surface area contributed by atoms with Gasteiger partial charge >= 0.3 is 0 Å². The molecule has 1 aromatic carbocycles. The molecule has 0 aromatic heterocycles. The number of hydrogen-bond acceptors (Lipinski definition) is 4. The van der Waals surface area contributed by atoms with E-state index in [9.17, 15) is 14.7 Å². The van der Waals surface area contributed by atoms with E-state index in [2.05, 4.69) is 13.8 Å². The van der Waals surface area contributed by atoms with Crippen molar-refractivity contribution < 1.29 is 14.7 Å². The number of ketones is 1. The molecule has 0 aliphatic carbocycles. The Morgan fingerprint density at radius 3 is 2.19 bits per heavy atom. The Morgan fingerprint density at radius 2 is 1.73 bits per heavy atom. The van der Waals surface area contributed by atoms with Gasteiger partial charge in [0.15, 0.2) is 11.5 Å². The van der Waals surface area contributed by atoms with Gasteiger partial charge in [-0.3, -0.25) is 9.59 Å². The minimum atomic E-state index is -0.529. The molecule has 1 N–H and O–H groups in total. The number of nitrogens with zero attached hydrogens (tertiary/aromatic N) is 2. The quantitative estimate of drug-likeness (QED) is 0.812. The first kappa shape index (κ1) is 20.2. The number of likely N-dealkylation sites (N-methyl/N-ethyl adjacent to an activating group) is 1. The molecule has 1 heterocycles. The summed E-state index contributed by atoms with van der Waals surface area (Å²) in [6.45, 7) is 8.92. The smallest absolute Gasteiger partial charge is 0.290 e. The summed E-state index contributed by atoms with van der Waals surface area (Å²) >= 11 is 0. The summed E-state index contributed by atoms with van der Waals surface area (Å²) in [6.07, 6.45) is 0. The normalized spacial score (nSPS) is 18.0. The lowest BCUT2D eigenvalue weighted by molar-refractivity contribution is -0.129. The molecule has 1 amide bonds. The Labute approximate surface area is 156 Å². The molecule has 5 nitrogen and oxygen atoms in total. The molecule has 0 bridgehead atoms. The van der Waals surface area contributed by atoms with Crippen LogP contribution in [0.3, 0.4) is 0 Å². The second-order valence-corrected chi connectivity index (χ2v) is 7.81. The number of amides is 1. The highest BCUT2D eigenvalue weighted by atomic mass is 16.3. The Balaban J connectivity index is 2.48. The molecule has 0 radical (unpaired) electrons. The van der Waals surface area contributed by atoms with Crippen LogP contribution in [0.1, 0.15) is 50.8 Å². The average Bonchev–Trinajstić information content (AvgIpc) is 2.83. The zero-order chi connectivity index (χ0) is 19.6. The molecule has 2 rings (SSSR count). The zero-order valence-corrected chi connectivity index (χ0v) is 16.6. The second kappa shape index (κ2) is 8.04. The predicted molar refractivity (Wildman–Crippen MR) is 103 cm³/mol. The fraction of sp³-hybridized carbons (Fsp3) is 0.524. The van der Waals surface area contributed by atoms with Crippen LogP contribution in [0.2, 0.25) is 0 Å². The van der Waals surface area contributed by atoms with E-state index in [-0.39, 0.29) is 17.3 Å². The Hall–Kier alpha value is -2.14. The van der Waals surface area contributed by atoms with Crippen molar-refractivity contribution in [1.29, 1.82) is 0 Å². The van der Waals surface area contributed by atoms with E-state index in [4.69, 9.17) is 0 Å². The van der Waals surface area contributed by atoms with Gasteiger partial charge in [-0.05, 0) is 31.1 Å². The van der Waals surface area contributed by atoms with Crippen molar-refractivity contribution in [3.05, 3.63) is 46.7 Å². The largest absolute Gasteiger partial charge is 0.503 e. The number of Topliss-reactive ketones (excluding diaryl/α,β-unsaturated/α-hetero) is 1. The minimum Gasteiger partial charge on any atom is -0.503 e. The summed E-state index contributed by atoms with van der Waals surface area (Å²) in [6, 6.07) is 7.45. The van der Waals surface area contributed by atoms with Crippen molar-refractivity contribution in [1.82, 2.24) is 9.80 Å². The van der Waals surface area contributed by atoms with Crippen LogP contribution in [-0.4, -0.2) is 53.8 Å². The summed E-state index contributed by atoms with van der Waals surface area (Å²) in [5.74, 6) is -0.929. The predicted octanol–water partition coefficient (Wildman–Crippen LogP) is 3.29. The van der Waals surface area contributed by atoms with Crippen molar-refractivity contribution >= 4 is 11.7 Å². The molecule has 0 fully saturated rings. The number of aliphatic hydroxyl groups is 1. The van der Waals surface area contributed by atoms with Crippen LogP contribution in [0, 0.1) is 5.92 Å². The summed E-state index contributed by atoms with van der Waals surface area (Å²) < 4.78 is 0. The number of rotatable bonds is 7. The third kappa shape index (κ3) is 3.98. The van der Waals surface area contributed by atoms with Crippen LogP contribution in [-0.2, 0) is 9.59 Å². The molecule has 0 saturated carbocycles. The van der Waals surface area contributed by atoms with Crippen LogP contribution < -0.4 is 0 Å². The maximum absolute atomic E-state index is 12.7. The van der Waals surface area contributed by atoms with Gasteiger partial charge in [0.2, 0.25) is 0 Å². The SMILES string of the molecule is CC(C)C(=O)C1=C(O)C(=O)N(CCN(C)C)C1c1ccc(C(C)C)cc1. The molecule has 1 aliphatic heterocycles. The molecule has 142 valence electrons. The fourth-order valence-corrected chi connectivity index (χ4v) is 3.16. The lowest BCUT2D eigenvalue weighted by Gasteiger charge is -2.28. The van der Waals surface area contributed by atoms with Gasteiger partial charge in [-0.2, -0.15) is 0 Å². The topological polar surface area (TPSA) is 60.9 Å². The maximum Gasteiger partial charge on any atom is 0.290 e. The Bertz CT molecular complexity index is 702. The van der Waals surface area contributed by atoms with E-state index < -0.39 is 17.7 Å². The van der Waals surface area contributed by atoms with E-state index in [1.165, 1.54) is 5.56 Å². The molecule has 1 aliphatic rings. The van der Waals surface area contributed by atoms with Crippen LogP contribution in [0.5, 0.6) is 0 Å². The summed E-state index contributed by atoms with van der Waals surface area (Å²) in [4.78, 5) is 29.0. The van der Waals surface area contributed by atoms with Crippen molar-refractivity contribution in [2.75, 3.05) is 27.2 Å². The molecular weight excluding hydrogens is 328 g/mol. The molecule has 0 saturated heterocycles. The number of benzene rings is 1. The first-order valence-corrected chi connectivity index (χ1v) is 9.18. The summed E-state index contributed by atoms with van der Waals surface area (Å²) in [7, 11) is 3.86. The first-order valence-electron chi connectivity index (χ1n) is 9.18.